The lowest BCUT2D eigenvalue weighted by Crippen LogP contribution is -2.34. The molecule has 0 amide bonds. The van der Waals surface area contributed by atoms with E-state index in [2.05, 4.69) is 98.0 Å². The predicted octanol–water partition coefficient (Wildman–Crippen LogP) is 9.57. The summed E-state index contributed by atoms with van der Waals surface area (Å²) in [5.74, 6) is 0. The minimum atomic E-state index is 0.211. The second-order valence-electron chi connectivity index (χ2n) is 13.1. The van der Waals surface area contributed by atoms with Crippen LogP contribution in [0.3, 0.4) is 0 Å². The molecule has 0 fully saturated rings. The van der Waals surface area contributed by atoms with Gasteiger partial charge in [0.15, 0.2) is 0 Å². The van der Waals surface area contributed by atoms with Crippen molar-refractivity contribution in [3.8, 4) is 0 Å². The van der Waals surface area contributed by atoms with Crippen molar-refractivity contribution in [1.82, 2.24) is 0 Å². The molecule has 2 heteroatoms. The largest absolute Gasteiger partial charge is 0.456 e. The summed E-state index contributed by atoms with van der Waals surface area (Å²) in [6.45, 7) is 20.7. The van der Waals surface area contributed by atoms with Crippen LogP contribution in [-0.2, 0) is 23.7 Å². The second kappa shape index (κ2) is 8.00. The van der Waals surface area contributed by atoms with E-state index in [0.29, 0.717) is 0 Å². The molecule has 0 bridgehead atoms. The van der Waals surface area contributed by atoms with E-state index in [4.69, 9.17) is 4.42 Å². The number of furan rings is 1. The first-order valence-electron chi connectivity index (χ1n) is 13.9. The molecule has 1 aromatic heterocycles. The number of fused-ring (bicyclic) bond motifs is 5. The Labute approximate surface area is 222 Å². The van der Waals surface area contributed by atoms with E-state index in [1.807, 2.05) is 0 Å². The molecule has 37 heavy (non-hydrogen) atoms. The van der Waals surface area contributed by atoms with Crippen LogP contribution >= 0.6 is 0 Å². The summed E-state index contributed by atoms with van der Waals surface area (Å²) in [6.07, 6.45) is 6.72. The zero-order valence-corrected chi connectivity index (χ0v) is 24.1. The summed E-state index contributed by atoms with van der Waals surface area (Å²) >= 11 is 0. The van der Waals surface area contributed by atoms with E-state index in [9.17, 15) is 0 Å². The fourth-order valence-electron chi connectivity index (χ4n) is 6.78. The van der Waals surface area contributed by atoms with Crippen molar-refractivity contribution in [1.29, 1.82) is 0 Å². The summed E-state index contributed by atoms with van der Waals surface area (Å²) in [5, 5.41) is 6.40. The van der Waals surface area contributed by atoms with Gasteiger partial charge in [0.1, 0.15) is 11.2 Å². The Bertz CT molecular complexity index is 1640. The predicted molar refractivity (Wildman–Crippen MR) is 158 cm³/mol. The van der Waals surface area contributed by atoms with E-state index < -0.39 is 0 Å². The second-order valence-corrected chi connectivity index (χ2v) is 13.1. The monoisotopic (exact) mass is 491 g/mol. The summed E-state index contributed by atoms with van der Waals surface area (Å²) < 4.78 is 6.50. The number of hydrogen-bond acceptors (Lipinski definition) is 2. The zero-order valence-electron chi connectivity index (χ0n) is 24.1. The van der Waals surface area contributed by atoms with Gasteiger partial charge in [0.2, 0.25) is 0 Å². The number of anilines is 1. The summed E-state index contributed by atoms with van der Waals surface area (Å²) in [5.41, 5.74) is 17.6. The van der Waals surface area contributed by atoms with Crippen molar-refractivity contribution in [2.75, 3.05) is 5.32 Å². The van der Waals surface area contributed by atoms with E-state index >= 15 is 0 Å². The van der Waals surface area contributed by atoms with Crippen LogP contribution in [0.4, 0.5) is 5.69 Å². The molecule has 2 nitrogen and oxygen atoms in total. The van der Waals surface area contributed by atoms with Crippen LogP contribution in [0.25, 0.3) is 21.9 Å². The van der Waals surface area contributed by atoms with Crippen molar-refractivity contribution < 1.29 is 4.42 Å². The normalized spacial score (nSPS) is 18.0. The van der Waals surface area contributed by atoms with Crippen LogP contribution in [0.5, 0.6) is 0 Å². The van der Waals surface area contributed by atoms with E-state index in [0.717, 1.165) is 24.0 Å². The third kappa shape index (κ3) is 3.67. The molecule has 0 atom stereocenters. The van der Waals surface area contributed by atoms with Gasteiger partial charge in [-0.05, 0) is 133 Å². The van der Waals surface area contributed by atoms with Gasteiger partial charge in [0.05, 0.1) is 0 Å². The zero-order chi connectivity index (χ0) is 26.4. The third-order valence-electron chi connectivity index (χ3n) is 9.86. The van der Waals surface area contributed by atoms with E-state index in [1.54, 1.807) is 0 Å². The topological polar surface area (TPSA) is 25.2 Å². The molecule has 2 aliphatic carbocycles. The lowest BCUT2D eigenvalue weighted by molar-refractivity contribution is 0.332. The molecule has 3 aromatic carbocycles. The molecule has 1 N–H and O–H groups in total. The average Bonchev–Trinajstić information content (AvgIpc) is 3.22. The van der Waals surface area contributed by atoms with Crippen LogP contribution < -0.4 is 5.32 Å². The Kier molecular flexibility index (Phi) is 5.26. The Morgan fingerprint density at radius 1 is 0.730 bits per heavy atom. The average molecular weight is 492 g/mol. The van der Waals surface area contributed by atoms with Gasteiger partial charge in [-0.3, -0.25) is 0 Å². The fraction of sp³-hybridized carbons (Fsp3) is 0.429. The molecule has 2 aliphatic rings. The smallest absolute Gasteiger partial charge is 0.138 e. The highest BCUT2D eigenvalue weighted by Gasteiger charge is 2.37. The summed E-state index contributed by atoms with van der Waals surface area (Å²) in [6, 6.07) is 9.58. The molecular weight excluding hydrogens is 450 g/mol. The van der Waals surface area contributed by atoms with Crippen molar-refractivity contribution in [2.45, 2.75) is 98.8 Å². The lowest BCUT2D eigenvalue weighted by atomic mass is 9.63. The van der Waals surface area contributed by atoms with E-state index in [1.165, 1.54) is 85.1 Å². The Morgan fingerprint density at radius 2 is 1.38 bits per heavy atom. The van der Waals surface area contributed by atoms with Crippen molar-refractivity contribution in [3.05, 3.63) is 86.1 Å². The number of allylic oxidation sites excluding steroid dienone is 2. The molecule has 0 unspecified atom stereocenters. The maximum atomic E-state index is 6.50. The molecule has 0 radical (unpaired) electrons. The SMILES string of the molecule is Cc1cc2c(cc1NC1=CCc3cc4c(cc3C1)oc1c(C)c(C)c(C)c(C)c14)C(C)(C)CCC2(C)C. The highest BCUT2D eigenvalue weighted by Crippen LogP contribution is 2.47. The molecule has 192 valence electrons. The van der Waals surface area contributed by atoms with Crippen molar-refractivity contribution >= 4 is 27.6 Å². The van der Waals surface area contributed by atoms with Gasteiger partial charge in [0.25, 0.3) is 0 Å². The van der Waals surface area contributed by atoms with Gasteiger partial charge in [-0.25, -0.2) is 0 Å². The molecule has 4 aromatic rings. The Balaban J connectivity index is 1.37. The van der Waals surface area contributed by atoms with Crippen LogP contribution in [0.15, 0.2) is 40.5 Å². The molecule has 0 saturated heterocycles. The van der Waals surface area contributed by atoms with Gasteiger partial charge >= 0.3 is 0 Å². The minimum Gasteiger partial charge on any atom is -0.456 e. The van der Waals surface area contributed by atoms with Crippen LogP contribution in [0.2, 0.25) is 0 Å². The number of nitrogens with one attached hydrogen (secondary N) is 1. The number of benzene rings is 3. The molecule has 0 saturated carbocycles. The van der Waals surface area contributed by atoms with Gasteiger partial charge in [-0.15, -0.1) is 0 Å². The van der Waals surface area contributed by atoms with E-state index in [-0.39, 0.29) is 10.8 Å². The third-order valence-corrected chi connectivity index (χ3v) is 9.86. The van der Waals surface area contributed by atoms with Gasteiger partial charge in [-0.1, -0.05) is 39.8 Å². The first-order valence-corrected chi connectivity index (χ1v) is 13.9. The van der Waals surface area contributed by atoms with Crippen LogP contribution in [0.1, 0.15) is 90.6 Å². The summed E-state index contributed by atoms with van der Waals surface area (Å²) in [7, 11) is 0. The minimum absolute atomic E-state index is 0.211. The standard InChI is InChI=1S/C35H41NO/c1-19-14-28-29(35(8,9)13-12-34(28,6)7)18-30(19)36-26-11-10-24-16-27-31(17-25(24)15-26)37-33-23(5)21(3)20(2)22(4)32(27)33/h11,14,16-18,36H,10,12-13,15H2,1-9H3. The summed E-state index contributed by atoms with van der Waals surface area (Å²) in [4.78, 5) is 0. The Hall–Kier alpha value is -3.00. The first-order chi connectivity index (χ1) is 17.4. The van der Waals surface area contributed by atoms with Crippen molar-refractivity contribution in [3.63, 3.8) is 0 Å². The highest BCUT2D eigenvalue weighted by molar-refractivity contribution is 6.09. The molecule has 1 heterocycles. The maximum Gasteiger partial charge on any atom is 0.138 e. The van der Waals surface area contributed by atoms with Gasteiger partial charge in [-0.2, -0.15) is 0 Å². The Morgan fingerprint density at radius 3 is 2.08 bits per heavy atom. The number of rotatable bonds is 2. The molecule has 0 spiro atoms. The molecule has 6 rings (SSSR count). The number of hydrogen-bond donors (Lipinski definition) is 1. The first kappa shape index (κ1) is 24.3. The maximum absolute atomic E-state index is 6.50. The lowest BCUT2D eigenvalue weighted by Gasteiger charge is -2.42. The quantitative estimate of drug-likeness (QED) is 0.302. The molecule has 0 aliphatic heterocycles. The van der Waals surface area contributed by atoms with Crippen molar-refractivity contribution in [2.24, 2.45) is 0 Å². The van der Waals surface area contributed by atoms with Crippen LogP contribution in [-0.4, -0.2) is 0 Å². The fourth-order valence-corrected chi connectivity index (χ4v) is 6.78. The van der Waals surface area contributed by atoms with Gasteiger partial charge < -0.3 is 9.73 Å². The van der Waals surface area contributed by atoms with Gasteiger partial charge in [0, 0.05) is 28.6 Å². The number of aryl methyl sites for hydroxylation is 3. The highest BCUT2D eigenvalue weighted by atomic mass is 16.3. The van der Waals surface area contributed by atoms with Crippen LogP contribution in [0, 0.1) is 34.6 Å². The molecular formula is C35H41NO.